The van der Waals surface area contributed by atoms with Crippen molar-refractivity contribution in [1.29, 1.82) is 0 Å². The van der Waals surface area contributed by atoms with E-state index in [1.807, 2.05) is 19.3 Å². The van der Waals surface area contributed by atoms with Gasteiger partial charge in [0.15, 0.2) is 19.0 Å². The number of hydrogen-bond donors (Lipinski definition) is 1. The smallest absolute Gasteiger partial charge is 0.177 e. The van der Waals surface area contributed by atoms with E-state index in [9.17, 15) is 0 Å². The highest BCUT2D eigenvalue weighted by Gasteiger charge is 2.25. The number of fused-ring (bicyclic) bond motifs is 2. The quantitative estimate of drug-likeness (QED) is 0.857. The van der Waals surface area contributed by atoms with Gasteiger partial charge >= 0.3 is 0 Å². The zero-order valence-corrected chi connectivity index (χ0v) is 13.2. The molecule has 2 aromatic rings. The molecule has 0 bridgehead atoms. The fourth-order valence-electron chi connectivity index (χ4n) is 2.91. The number of aromatic nitrogens is 3. The van der Waals surface area contributed by atoms with Gasteiger partial charge < -0.3 is 14.6 Å². The number of nitrogens with one attached hydrogen (secondary N) is 1. The van der Waals surface area contributed by atoms with Gasteiger partial charge in [0.05, 0.1) is 16.5 Å². The summed E-state index contributed by atoms with van der Waals surface area (Å²) in [6.45, 7) is 1.59. The zero-order valence-electron chi connectivity index (χ0n) is 13.2. The Balaban J connectivity index is 1.61. The van der Waals surface area contributed by atoms with Gasteiger partial charge in [-0.1, -0.05) is 0 Å². The van der Waals surface area contributed by atoms with Crippen molar-refractivity contribution in [1.82, 2.24) is 15.0 Å². The minimum absolute atomic E-state index is 0.719. The summed E-state index contributed by atoms with van der Waals surface area (Å²) in [4.78, 5) is 13.9. The van der Waals surface area contributed by atoms with Gasteiger partial charge in [-0.05, 0) is 18.2 Å². The fourth-order valence-corrected chi connectivity index (χ4v) is 2.91. The number of likely N-dealkylation sites (N-methyl/N-ethyl adjacent to an activating group) is 1. The summed E-state index contributed by atoms with van der Waals surface area (Å²) >= 11 is 0. The Morgan fingerprint density at radius 1 is 1.26 bits per heavy atom. The molecule has 1 aliphatic heterocycles. The molecule has 2 aliphatic rings. The monoisotopic (exact) mass is 308 g/mol. The Hall–Kier alpha value is -2.73. The maximum absolute atomic E-state index is 5.13. The normalized spacial score (nSPS) is 16.1. The van der Waals surface area contributed by atoms with E-state index in [-0.39, 0.29) is 0 Å². The lowest BCUT2D eigenvalue weighted by molar-refractivity contribution is -0.452. The van der Waals surface area contributed by atoms with Gasteiger partial charge in [0.1, 0.15) is 24.4 Å². The van der Waals surface area contributed by atoms with Crippen LogP contribution in [0.5, 0.6) is 0 Å². The average Bonchev–Trinajstić information content (AvgIpc) is 3.25. The third kappa shape index (κ3) is 2.37. The van der Waals surface area contributed by atoms with Gasteiger partial charge in [-0.2, -0.15) is 0 Å². The molecule has 1 N–H and O–H groups in total. The van der Waals surface area contributed by atoms with Gasteiger partial charge in [-0.15, -0.1) is 0 Å². The molecule has 0 aromatic carbocycles. The summed E-state index contributed by atoms with van der Waals surface area (Å²) in [5.41, 5.74) is 4.42. The predicted molar refractivity (Wildman–Crippen MR) is 89.6 cm³/mol. The zero-order chi connectivity index (χ0) is 15.8. The molecule has 116 valence electrons. The summed E-state index contributed by atoms with van der Waals surface area (Å²) in [5.74, 6) is 0.899. The molecular formula is C17H18N5O+. The lowest BCUT2D eigenvalue weighted by atomic mass is 10.2. The Morgan fingerprint density at radius 3 is 3.00 bits per heavy atom. The van der Waals surface area contributed by atoms with Crippen LogP contribution in [0.4, 0.5) is 5.82 Å². The first-order valence-corrected chi connectivity index (χ1v) is 7.53. The number of hydrogen-bond acceptors (Lipinski definition) is 4. The van der Waals surface area contributed by atoms with Crippen molar-refractivity contribution >= 4 is 23.1 Å². The second kappa shape index (κ2) is 5.48. The van der Waals surface area contributed by atoms with Crippen LogP contribution in [-0.4, -0.2) is 53.1 Å². The standard InChI is InChI=1S/C17H18N5O/c1-21(17-15-3-4-18-16(15)19-11-20-17)14-7-12-9-22(5-6-23-2)10-13(12)8-14/h3-4,7-11H,5-6H2,1-2H3,(H,18,19,20)/q+1. The first-order chi connectivity index (χ1) is 11.3. The predicted octanol–water partition coefficient (Wildman–Crippen LogP) is 1.85. The van der Waals surface area contributed by atoms with Crippen LogP contribution in [0.25, 0.3) is 11.0 Å². The number of H-pyrrole nitrogens is 1. The molecule has 2 aromatic heterocycles. The number of methoxy groups -OCH3 is 1. The summed E-state index contributed by atoms with van der Waals surface area (Å²) in [6.07, 6.45) is 12.1. The molecule has 6 heteroatoms. The van der Waals surface area contributed by atoms with Crippen molar-refractivity contribution in [2.45, 2.75) is 0 Å². The van der Waals surface area contributed by atoms with Crippen molar-refractivity contribution in [3.05, 3.63) is 53.8 Å². The van der Waals surface area contributed by atoms with E-state index in [2.05, 4.69) is 49.0 Å². The number of rotatable bonds is 5. The summed E-state index contributed by atoms with van der Waals surface area (Å²) in [7, 11) is 3.75. The van der Waals surface area contributed by atoms with Crippen LogP contribution < -0.4 is 4.90 Å². The van der Waals surface area contributed by atoms with E-state index in [4.69, 9.17) is 4.74 Å². The average molecular weight is 308 g/mol. The lowest BCUT2D eigenvalue weighted by Gasteiger charge is -2.18. The molecule has 0 saturated heterocycles. The van der Waals surface area contributed by atoms with Crippen LogP contribution in [0.2, 0.25) is 0 Å². The van der Waals surface area contributed by atoms with E-state index >= 15 is 0 Å². The molecule has 0 unspecified atom stereocenters. The Labute approximate surface area is 134 Å². The van der Waals surface area contributed by atoms with Gasteiger partial charge in [0.25, 0.3) is 0 Å². The molecule has 0 radical (unpaired) electrons. The molecule has 3 heterocycles. The number of anilines is 1. The topological polar surface area (TPSA) is 57.1 Å². The van der Waals surface area contributed by atoms with Gasteiger partial charge in [-0.25, -0.2) is 14.5 Å². The first kappa shape index (κ1) is 13.9. The van der Waals surface area contributed by atoms with Crippen molar-refractivity contribution in [3.63, 3.8) is 0 Å². The Kier molecular flexibility index (Phi) is 3.31. The Bertz CT molecular complexity index is 887. The van der Waals surface area contributed by atoms with Crippen molar-refractivity contribution in [3.8, 4) is 0 Å². The lowest BCUT2D eigenvalue weighted by Crippen LogP contribution is -2.16. The second-order valence-electron chi connectivity index (χ2n) is 5.61. The summed E-state index contributed by atoms with van der Waals surface area (Å²) in [5, 5.41) is 1.02. The third-order valence-electron chi connectivity index (χ3n) is 4.14. The molecule has 23 heavy (non-hydrogen) atoms. The molecule has 0 fully saturated rings. The molecule has 1 aliphatic carbocycles. The molecule has 0 spiro atoms. The highest BCUT2D eigenvalue weighted by molar-refractivity contribution is 5.91. The Morgan fingerprint density at radius 2 is 2.17 bits per heavy atom. The van der Waals surface area contributed by atoms with Crippen LogP contribution in [0.3, 0.4) is 0 Å². The van der Waals surface area contributed by atoms with Gasteiger partial charge in [0, 0.05) is 26.1 Å². The van der Waals surface area contributed by atoms with Crippen molar-refractivity contribution < 1.29 is 9.31 Å². The number of nitrogens with zero attached hydrogens (tertiary/aromatic N) is 4. The minimum atomic E-state index is 0.719. The van der Waals surface area contributed by atoms with Gasteiger partial charge in [0.2, 0.25) is 0 Å². The summed E-state index contributed by atoms with van der Waals surface area (Å²) < 4.78 is 7.28. The van der Waals surface area contributed by atoms with Gasteiger partial charge in [-0.3, -0.25) is 0 Å². The fraction of sp³-hybridized carbons (Fsp3) is 0.235. The number of aromatic amines is 1. The van der Waals surface area contributed by atoms with E-state index < -0.39 is 0 Å². The SMILES string of the molecule is COCC[N+]1=CC2=CC(N(C)c3ncnc4[nH]ccc34)=CC2=C1. The molecular weight excluding hydrogens is 290 g/mol. The number of allylic oxidation sites excluding steroid dienone is 4. The molecule has 6 nitrogen and oxygen atoms in total. The van der Waals surface area contributed by atoms with Crippen LogP contribution in [-0.2, 0) is 4.74 Å². The van der Waals surface area contributed by atoms with Crippen LogP contribution in [0, 0.1) is 0 Å². The number of ether oxygens (including phenoxy) is 1. The molecule has 0 amide bonds. The van der Waals surface area contributed by atoms with E-state index in [0.717, 1.165) is 35.7 Å². The highest BCUT2D eigenvalue weighted by Crippen LogP contribution is 2.31. The van der Waals surface area contributed by atoms with E-state index in [1.54, 1.807) is 13.4 Å². The third-order valence-corrected chi connectivity index (χ3v) is 4.14. The first-order valence-electron chi connectivity index (χ1n) is 7.53. The highest BCUT2D eigenvalue weighted by atomic mass is 16.5. The summed E-state index contributed by atoms with van der Waals surface area (Å²) in [6, 6.07) is 2.00. The van der Waals surface area contributed by atoms with E-state index in [0.29, 0.717) is 0 Å². The van der Waals surface area contributed by atoms with Crippen LogP contribution in [0.1, 0.15) is 0 Å². The molecule has 0 saturated carbocycles. The molecule has 4 rings (SSSR count). The van der Waals surface area contributed by atoms with Crippen molar-refractivity contribution in [2.24, 2.45) is 0 Å². The minimum Gasteiger partial charge on any atom is -0.378 e. The maximum atomic E-state index is 5.13. The van der Waals surface area contributed by atoms with Crippen LogP contribution in [0.15, 0.2) is 53.8 Å². The maximum Gasteiger partial charge on any atom is 0.177 e. The largest absolute Gasteiger partial charge is 0.378 e. The van der Waals surface area contributed by atoms with Crippen molar-refractivity contribution in [2.75, 3.05) is 32.2 Å². The van der Waals surface area contributed by atoms with Crippen LogP contribution >= 0.6 is 0 Å². The molecule has 0 atom stereocenters. The van der Waals surface area contributed by atoms with E-state index in [1.165, 1.54) is 11.1 Å². The second-order valence-corrected chi connectivity index (χ2v) is 5.61.